The van der Waals surface area contributed by atoms with Gasteiger partial charge in [0.05, 0.1) is 26.7 Å². The van der Waals surface area contributed by atoms with Crippen molar-refractivity contribution in [2.45, 2.75) is 32.2 Å². The molecule has 1 unspecified atom stereocenters. The third kappa shape index (κ3) is 6.74. The number of halogens is 1. The van der Waals surface area contributed by atoms with Crippen LogP contribution in [-0.4, -0.2) is 54.8 Å². The van der Waals surface area contributed by atoms with Gasteiger partial charge in [0.15, 0.2) is 11.5 Å². The SMILES string of the molecule is COc1ccc(-c2noc(CN3CCCC(C(=O)NCCCc4ccc(Cl)cc4)C3)n2)cc1OC. The molecule has 4 rings (SSSR count). The normalized spacial score (nSPS) is 16.1. The Morgan fingerprint density at radius 1 is 1.17 bits per heavy atom. The largest absolute Gasteiger partial charge is 0.493 e. The molecule has 1 atom stereocenters. The highest BCUT2D eigenvalue weighted by atomic mass is 35.5. The average molecular weight is 499 g/mol. The van der Waals surface area contributed by atoms with Crippen molar-refractivity contribution in [1.82, 2.24) is 20.4 Å². The molecule has 1 amide bonds. The van der Waals surface area contributed by atoms with Gasteiger partial charge in [0, 0.05) is 23.7 Å². The summed E-state index contributed by atoms with van der Waals surface area (Å²) in [6, 6.07) is 13.3. The summed E-state index contributed by atoms with van der Waals surface area (Å²) >= 11 is 5.93. The molecule has 3 aromatic rings. The van der Waals surface area contributed by atoms with E-state index in [1.807, 2.05) is 42.5 Å². The molecule has 0 bridgehead atoms. The first-order valence-electron chi connectivity index (χ1n) is 11.8. The molecule has 1 fully saturated rings. The van der Waals surface area contributed by atoms with Gasteiger partial charge in [-0.25, -0.2) is 0 Å². The van der Waals surface area contributed by atoms with E-state index in [1.54, 1.807) is 14.2 Å². The first-order valence-corrected chi connectivity index (χ1v) is 12.2. The van der Waals surface area contributed by atoms with Gasteiger partial charge in [-0.3, -0.25) is 9.69 Å². The zero-order valence-corrected chi connectivity index (χ0v) is 20.9. The smallest absolute Gasteiger partial charge is 0.241 e. The molecule has 9 heteroatoms. The van der Waals surface area contributed by atoms with Crippen LogP contribution in [0.15, 0.2) is 47.0 Å². The minimum absolute atomic E-state index is 0.0347. The van der Waals surface area contributed by atoms with Crippen molar-refractivity contribution in [3.63, 3.8) is 0 Å². The third-order valence-electron chi connectivity index (χ3n) is 6.20. The summed E-state index contributed by atoms with van der Waals surface area (Å²) in [7, 11) is 3.18. The van der Waals surface area contributed by atoms with E-state index in [-0.39, 0.29) is 11.8 Å². The van der Waals surface area contributed by atoms with Crippen LogP contribution in [0.3, 0.4) is 0 Å². The summed E-state index contributed by atoms with van der Waals surface area (Å²) in [5, 5.41) is 7.96. The minimum atomic E-state index is -0.0347. The second kappa shape index (κ2) is 12.0. The van der Waals surface area contributed by atoms with Crippen LogP contribution in [0.2, 0.25) is 5.02 Å². The topological polar surface area (TPSA) is 89.7 Å². The number of rotatable bonds is 10. The lowest BCUT2D eigenvalue weighted by molar-refractivity contribution is -0.126. The molecule has 2 aromatic carbocycles. The van der Waals surface area contributed by atoms with Crippen molar-refractivity contribution in [2.24, 2.45) is 5.92 Å². The number of methoxy groups -OCH3 is 2. The van der Waals surface area contributed by atoms with Crippen LogP contribution >= 0.6 is 11.6 Å². The fraction of sp³-hybridized carbons (Fsp3) is 0.423. The van der Waals surface area contributed by atoms with E-state index >= 15 is 0 Å². The predicted molar refractivity (Wildman–Crippen MR) is 134 cm³/mol. The maximum atomic E-state index is 12.7. The highest BCUT2D eigenvalue weighted by Crippen LogP contribution is 2.31. The number of carbonyl (C=O) groups is 1. The Morgan fingerprint density at radius 3 is 2.74 bits per heavy atom. The highest BCUT2D eigenvalue weighted by Gasteiger charge is 2.26. The molecule has 1 aliphatic rings. The summed E-state index contributed by atoms with van der Waals surface area (Å²) in [6.45, 7) is 2.75. The molecule has 8 nitrogen and oxygen atoms in total. The maximum Gasteiger partial charge on any atom is 0.241 e. The third-order valence-corrected chi connectivity index (χ3v) is 6.45. The maximum absolute atomic E-state index is 12.7. The van der Waals surface area contributed by atoms with E-state index in [4.69, 9.17) is 25.6 Å². The number of likely N-dealkylation sites (tertiary alicyclic amines) is 1. The molecule has 1 N–H and O–H groups in total. The molecule has 0 saturated carbocycles. The predicted octanol–water partition coefficient (Wildman–Crippen LogP) is 4.37. The molecule has 1 aliphatic heterocycles. The van der Waals surface area contributed by atoms with Crippen molar-refractivity contribution in [1.29, 1.82) is 0 Å². The lowest BCUT2D eigenvalue weighted by Crippen LogP contribution is -2.43. The summed E-state index contributed by atoms with van der Waals surface area (Å²) in [5.74, 6) is 2.35. The van der Waals surface area contributed by atoms with E-state index in [0.29, 0.717) is 42.8 Å². The van der Waals surface area contributed by atoms with Crippen LogP contribution in [0.5, 0.6) is 11.5 Å². The van der Waals surface area contributed by atoms with Crippen LogP contribution in [0.25, 0.3) is 11.4 Å². The van der Waals surface area contributed by atoms with Gasteiger partial charge in [-0.05, 0) is 68.1 Å². The highest BCUT2D eigenvalue weighted by molar-refractivity contribution is 6.30. The van der Waals surface area contributed by atoms with Crippen molar-refractivity contribution in [2.75, 3.05) is 33.9 Å². The zero-order valence-electron chi connectivity index (χ0n) is 20.1. The quantitative estimate of drug-likeness (QED) is 0.415. The number of nitrogens with zero attached hydrogens (tertiary/aromatic N) is 3. The Hall–Kier alpha value is -3.10. The molecule has 0 radical (unpaired) electrons. The van der Waals surface area contributed by atoms with Gasteiger partial charge in [0.25, 0.3) is 0 Å². The average Bonchev–Trinajstić information content (AvgIpc) is 3.35. The number of hydrogen-bond acceptors (Lipinski definition) is 7. The number of carbonyl (C=O) groups excluding carboxylic acids is 1. The van der Waals surface area contributed by atoms with E-state index in [2.05, 4.69) is 20.4 Å². The molecular weight excluding hydrogens is 468 g/mol. The van der Waals surface area contributed by atoms with Gasteiger partial charge in [0.1, 0.15) is 0 Å². The van der Waals surface area contributed by atoms with Crippen molar-refractivity contribution in [3.8, 4) is 22.9 Å². The molecule has 0 aliphatic carbocycles. The van der Waals surface area contributed by atoms with Crippen molar-refractivity contribution >= 4 is 17.5 Å². The number of benzene rings is 2. The second-order valence-corrected chi connectivity index (χ2v) is 9.11. The van der Waals surface area contributed by atoms with Crippen LogP contribution in [0.1, 0.15) is 30.7 Å². The van der Waals surface area contributed by atoms with Crippen LogP contribution in [-0.2, 0) is 17.8 Å². The number of amides is 1. The van der Waals surface area contributed by atoms with E-state index in [1.165, 1.54) is 5.56 Å². The number of piperidine rings is 1. The van der Waals surface area contributed by atoms with Crippen molar-refractivity contribution < 1.29 is 18.8 Å². The summed E-state index contributed by atoms with van der Waals surface area (Å²) in [4.78, 5) is 19.5. The molecule has 0 spiro atoms. The fourth-order valence-corrected chi connectivity index (χ4v) is 4.44. The summed E-state index contributed by atoms with van der Waals surface area (Å²) in [5.41, 5.74) is 2.01. The van der Waals surface area contributed by atoms with Crippen LogP contribution in [0.4, 0.5) is 0 Å². The van der Waals surface area contributed by atoms with Crippen molar-refractivity contribution in [3.05, 3.63) is 58.9 Å². The summed E-state index contributed by atoms with van der Waals surface area (Å²) < 4.78 is 16.1. The van der Waals surface area contributed by atoms with Gasteiger partial charge in [-0.15, -0.1) is 0 Å². The Morgan fingerprint density at radius 2 is 1.97 bits per heavy atom. The lowest BCUT2D eigenvalue weighted by Gasteiger charge is -2.30. The lowest BCUT2D eigenvalue weighted by atomic mass is 9.97. The monoisotopic (exact) mass is 498 g/mol. The standard InChI is InChI=1S/C26H31ClN4O4/c1-33-22-12-9-19(15-23(22)34-2)25-29-24(35-30-25)17-31-14-4-6-20(16-31)26(32)28-13-3-5-18-7-10-21(27)11-8-18/h7-12,15,20H,3-6,13-14,16-17H2,1-2H3,(H,28,32). The Balaban J connectivity index is 1.26. The van der Waals surface area contributed by atoms with Crippen LogP contribution in [0, 0.1) is 5.92 Å². The Kier molecular flexibility index (Phi) is 8.60. The van der Waals surface area contributed by atoms with E-state index in [9.17, 15) is 4.79 Å². The summed E-state index contributed by atoms with van der Waals surface area (Å²) in [6.07, 6.45) is 3.65. The zero-order chi connectivity index (χ0) is 24.6. The number of hydrogen-bond donors (Lipinski definition) is 1. The Bertz CT molecular complexity index is 1120. The van der Waals surface area contributed by atoms with Crippen LogP contribution < -0.4 is 14.8 Å². The molecule has 1 saturated heterocycles. The Labute approximate surface area is 210 Å². The molecular formula is C26H31ClN4O4. The second-order valence-electron chi connectivity index (χ2n) is 8.68. The van der Waals surface area contributed by atoms with Gasteiger partial charge < -0.3 is 19.3 Å². The number of nitrogens with one attached hydrogen (secondary N) is 1. The van der Waals surface area contributed by atoms with Gasteiger partial charge in [0.2, 0.25) is 17.6 Å². The molecule has 1 aromatic heterocycles. The number of aromatic nitrogens is 2. The molecule has 2 heterocycles. The first kappa shape index (κ1) is 25.0. The van der Waals surface area contributed by atoms with E-state index in [0.717, 1.165) is 42.8 Å². The van der Waals surface area contributed by atoms with Gasteiger partial charge in [-0.1, -0.05) is 28.9 Å². The van der Waals surface area contributed by atoms with Gasteiger partial charge >= 0.3 is 0 Å². The molecule has 35 heavy (non-hydrogen) atoms. The molecule has 186 valence electrons. The first-order chi connectivity index (χ1) is 17.1. The van der Waals surface area contributed by atoms with E-state index < -0.39 is 0 Å². The van der Waals surface area contributed by atoms with Gasteiger partial charge in [-0.2, -0.15) is 4.98 Å². The fourth-order valence-electron chi connectivity index (χ4n) is 4.32. The number of ether oxygens (including phenoxy) is 2. The minimum Gasteiger partial charge on any atom is -0.493 e. The number of aryl methyl sites for hydroxylation is 1.